The molecule has 0 unspecified atom stereocenters. The van der Waals surface area contributed by atoms with E-state index >= 15 is 0 Å². The van der Waals surface area contributed by atoms with Gasteiger partial charge in [0.15, 0.2) is 0 Å². The Labute approximate surface area is 136 Å². The van der Waals surface area contributed by atoms with Crippen molar-refractivity contribution >= 4 is 28.8 Å². The Morgan fingerprint density at radius 2 is 1.92 bits per heavy atom. The van der Waals surface area contributed by atoms with Gasteiger partial charge in [-0.1, -0.05) is 0 Å². The van der Waals surface area contributed by atoms with E-state index in [2.05, 4.69) is 4.98 Å². The summed E-state index contributed by atoms with van der Waals surface area (Å²) in [6, 6.07) is 2.67. The van der Waals surface area contributed by atoms with Gasteiger partial charge >= 0.3 is 17.9 Å². The van der Waals surface area contributed by atoms with Crippen molar-refractivity contribution in [3.8, 4) is 5.75 Å². The highest BCUT2D eigenvalue weighted by Gasteiger charge is 2.23. The third-order valence-electron chi connectivity index (χ3n) is 3.57. The minimum Gasteiger partial charge on any atom is -0.506 e. The lowest BCUT2D eigenvalue weighted by molar-refractivity contribution is -0.137. The van der Waals surface area contributed by atoms with Crippen molar-refractivity contribution in [2.24, 2.45) is 0 Å². The van der Waals surface area contributed by atoms with Gasteiger partial charge in [0.2, 0.25) is 0 Å². The molecular formula is C16H17NO7. The summed E-state index contributed by atoms with van der Waals surface area (Å²) >= 11 is 0. The average molecular weight is 335 g/mol. The van der Waals surface area contributed by atoms with Gasteiger partial charge in [-0.2, -0.15) is 0 Å². The number of aromatic nitrogens is 1. The number of esters is 1. The van der Waals surface area contributed by atoms with Crippen LogP contribution in [0.3, 0.4) is 0 Å². The number of aromatic amines is 1. The van der Waals surface area contributed by atoms with E-state index in [1.165, 1.54) is 12.1 Å². The molecule has 1 aromatic heterocycles. The molecule has 0 atom stereocenters. The summed E-state index contributed by atoms with van der Waals surface area (Å²) in [5.74, 6) is -3.39. The highest BCUT2D eigenvalue weighted by atomic mass is 16.5. The van der Waals surface area contributed by atoms with Crippen molar-refractivity contribution in [3.63, 3.8) is 0 Å². The number of aromatic hydroxyl groups is 1. The summed E-state index contributed by atoms with van der Waals surface area (Å²) in [6.07, 6.45) is 0.289. The highest BCUT2D eigenvalue weighted by Crippen LogP contribution is 2.34. The molecule has 0 radical (unpaired) electrons. The maximum Gasteiger partial charge on any atom is 0.355 e. The number of ether oxygens (including phenoxy) is 1. The first-order valence-corrected chi connectivity index (χ1v) is 7.35. The fourth-order valence-corrected chi connectivity index (χ4v) is 2.55. The zero-order valence-electron chi connectivity index (χ0n) is 13.0. The van der Waals surface area contributed by atoms with Gasteiger partial charge in [0.25, 0.3) is 0 Å². The molecule has 2 rings (SSSR count). The number of nitrogens with one attached hydrogen (secondary N) is 1. The molecule has 0 aliphatic rings. The molecule has 0 amide bonds. The van der Waals surface area contributed by atoms with Crippen LogP contribution in [0, 0.1) is 0 Å². The summed E-state index contributed by atoms with van der Waals surface area (Å²) in [6.45, 7) is 1.79. The van der Waals surface area contributed by atoms with Crippen molar-refractivity contribution in [3.05, 3.63) is 29.0 Å². The monoisotopic (exact) mass is 335 g/mol. The van der Waals surface area contributed by atoms with E-state index < -0.39 is 23.7 Å². The lowest BCUT2D eigenvalue weighted by Crippen LogP contribution is -2.08. The van der Waals surface area contributed by atoms with E-state index in [1.54, 1.807) is 6.92 Å². The smallest absolute Gasteiger partial charge is 0.355 e. The Bertz CT molecular complexity index is 806. The van der Waals surface area contributed by atoms with Crippen molar-refractivity contribution in [2.45, 2.75) is 26.2 Å². The summed E-state index contributed by atoms with van der Waals surface area (Å²) in [5.41, 5.74) is 0.530. The number of carbonyl (C=O) groups excluding carboxylic acids is 1. The Hall–Kier alpha value is -3.03. The number of H-pyrrole nitrogens is 1. The van der Waals surface area contributed by atoms with Gasteiger partial charge < -0.3 is 25.0 Å². The maximum atomic E-state index is 12.1. The van der Waals surface area contributed by atoms with Gasteiger partial charge in [-0.25, -0.2) is 9.59 Å². The van der Waals surface area contributed by atoms with Crippen LogP contribution in [0.15, 0.2) is 12.1 Å². The Kier molecular flexibility index (Phi) is 5.08. The quantitative estimate of drug-likeness (QED) is 0.569. The van der Waals surface area contributed by atoms with Crippen molar-refractivity contribution in [1.29, 1.82) is 0 Å². The second kappa shape index (κ2) is 7.03. The van der Waals surface area contributed by atoms with Gasteiger partial charge in [-0.15, -0.1) is 0 Å². The first-order chi connectivity index (χ1) is 11.4. The number of aromatic carboxylic acids is 1. The molecule has 0 bridgehead atoms. The van der Waals surface area contributed by atoms with Crippen LogP contribution in [-0.4, -0.2) is 44.8 Å². The van der Waals surface area contributed by atoms with Crippen LogP contribution in [0.5, 0.6) is 5.75 Å². The van der Waals surface area contributed by atoms with Crippen LogP contribution in [0.4, 0.5) is 0 Å². The van der Waals surface area contributed by atoms with Crippen LogP contribution in [0.25, 0.3) is 10.9 Å². The van der Waals surface area contributed by atoms with E-state index in [9.17, 15) is 19.5 Å². The predicted octanol–water partition coefficient (Wildman–Crippen LogP) is 2.16. The molecule has 4 N–H and O–H groups in total. The van der Waals surface area contributed by atoms with Crippen molar-refractivity contribution < 1.29 is 34.4 Å². The molecule has 0 aliphatic carbocycles. The number of aliphatic carboxylic acids is 1. The first kappa shape index (κ1) is 17.3. The van der Waals surface area contributed by atoms with Gasteiger partial charge in [-0.3, -0.25) is 4.79 Å². The van der Waals surface area contributed by atoms with Crippen LogP contribution in [-0.2, 0) is 16.0 Å². The molecule has 128 valence electrons. The van der Waals surface area contributed by atoms with Gasteiger partial charge in [0.05, 0.1) is 12.1 Å². The Morgan fingerprint density at radius 1 is 1.21 bits per heavy atom. The lowest BCUT2D eigenvalue weighted by atomic mass is 10.0. The zero-order valence-corrected chi connectivity index (χ0v) is 13.0. The molecule has 8 heteroatoms. The topological polar surface area (TPSA) is 137 Å². The molecule has 1 heterocycles. The minimum atomic E-state index is -1.30. The number of fused-ring (bicyclic) bond motifs is 1. The van der Waals surface area contributed by atoms with E-state index in [-0.39, 0.29) is 42.5 Å². The van der Waals surface area contributed by atoms with Crippen LogP contribution < -0.4 is 0 Å². The molecule has 1 aromatic carbocycles. The third kappa shape index (κ3) is 3.32. The molecule has 24 heavy (non-hydrogen) atoms. The number of carboxylic acid groups (broad SMARTS) is 2. The highest BCUT2D eigenvalue weighted by molar-refractivity contribution is 6.05. The summed E-state index contributed by atoms with van der Waals surface area (Å²) in [7, 11) is 0. The fraction of sp³-hybridized carbons (Fsp3) is 0.312. The molecule has 2 aromatic rings. The van der Waals surface area contributed by atoms with Crippen LogP contribution in [0.2, 0.25) is 0 Å². The fourth-order valence-electron chi connectivity index (χ4n) is 2.55. The molecule has 0 spiro atoms. The summed E-state index contributed by atoms with van der Waals surface area (Å²) in [4.78, 5) is 36.8. The number of hydrogen-bond donors (Lipinski definition) is 4. The third-order valence-corrected chi connectivity index (χ3v) is 3.57. The predicted molar refractivity (Wildman–Crippen MR) is 83.5 cm³/mol. The number of rotatable bonds is 7. The van der Waals surface area contributed by atoms with E-state index in [4.69, 9.17) is 14.9 Å². The second-order valence-electron chi connectivity index (χ2n) is 5.14. The van der Waals surface area contributed by atoms with Gasteiger partial charge in [-0.05, 0) is 37.5 Å². The number of phenols is 1. The second-order valence-corrected chi connectivity index (χ2v) is 5.14. The van der Waals surface area contributed by atoms with E-state index in [0.29, 0.717) is 11.1 Å². The van der Waals surface area contributed by atoms with Crippen LogP contribution >= 0.6 is 0 Å². The molecule has 0 saturated carbocycles. The number of benzene rings is 1. The zero-order chi connectivity index (χ0) is 17.9. The molecule has 8 nitrogen and oxygen atoms in total. The normalized spacial score (nSPS) is 10.7. The SMILES string of the molecule is CCOC(=O)c1[nH]c2ccc(C(=O)O)c(O)c2c1CCCC(=O)O. The molecule has 0 saturated heterocycles. The van der Waals surface area contributed by atoms with Crippen molar-refractivity contribution in [2.75, 3.05) is 6.61 Å². The number of carboxylic acids is 2. The van der Waals surface area contributed by atoms with Gasteiger partial charge in [0, 0.05) is 11.8 Å². The molecule has 0 aliphatic heterocycles. The molecular weight excluding hydrogens is 318 g/mol. The summed E-state index contributed by atoms with van der Waals surface area (Å²) < 4.78 is 4.96. The first-order valence-electron chi connectivity index (χ1n) is 7.35. The standard InChI is InChI=1S/C16H17NO7/c1-2-24-16(23)13-8(4-3-5-11(18)19)12-10(17-13)7-6-9(14(12)20)15(21)22/h6-7,17,20H,2-5H2,1H3,(H,18,19)(H,21,22). The average Bonchev–Trinajstić information content (AvgIpc) is 2.87. The van der Waals surface area contributed by atoms with Gasteiger partial charge in [0.1, 0.15) is 17.0 Å². The Morgan fingerprint density at radius 3 is 2.50 bits per heavy atom. The maximum absolute atomic E-state index is 12.1. The lowest BCUT2D eigenvalue weighted by Gasteiger charge is -2.06. The van der Waals surface area contributed by atoms with Crippen LogP contribution in [0.1, 0.15) is 46.2 Å². The number of hydrogen-bond acceptors (Lipinski definition) is 5. The van der Waals surface area contributed by atoms with Crippen molar-refractivity contribution in [1.82, 2.24) is 4.98 Å². The minimum absolute atomic E-state index is 0.0927. The Balaban J connectivity index is 2.58. The number of aryl methyl sites for hydroxylation is 1. The number of carbonyl (C=O) groups is 3. The molecule has 0 fully saturated rings. The summed E-state index contributed by atoms with van der Waals surface area (Å²) in [5, 5.41) is 28.4. The largest absolute Gasteiger partial charge is 0.506 e. The van der Waals surface area contributed by atoms with E-state index in [1.807, 2.05) is 0 Å². The van der Waals surface area contributed by atoms with E-state index in [0.717, 1.165) is 0 Å².